The number of nitrogens with one attached hydrogen (secondary N) is 1. The highest BCUT2D eigenvalue weighted by atomic mass is 16.6. The molecule has 0 unspecified atom stereocenters. The average molecular weight is 358 g/mol. The first kappa shape index (κ1) is 23.5. The molecule has 1 N–H and O–H groups in total. The van der Waals surface area contributed by atoms with E-state index in [1.54, 1.807) is 0 Å². The van der Waals surface area contributed by atoms with Crippen molar-refractivity contribution in [3.05, 3.63) is 10.4 Å². The third-order valence-corrected chi connectivity index (χ3v) is 3.12. The molecule has 0 saturated heterocycles. The quantitative estimate of drug-likeness (QED) is 0.205. The van der Waals surface area contributed by atoms with Gasteiger partial charge in [-0.2, -0.15) is 0 Å². The summed E-state index contributed by atoms with van der Waals surface area (Å²) >= 11 is 0. The Hall–Kier alpha value is -1.50. The van der Waals surface area contributed by atoms with E-state index in [2.05, 4.69) is 15.3 Å². The highest BCUT2D eigenvalue weighted by molar-refractivity contribution is 5.67. The number of carbonyl (C=O) groups is 1. The molecule has 0 radical (unpaired) electrons. The summed E-state index contributed by atoms with van der Waals surface area (Å²) in [4.78, 5) is 14.1. The Labute approximate surface area is 151 Å². The van der Waals surface area contributed by atoms with Crippen molar-refractivity contribution < 1.29 is 19.0 Å². The van der Waals surface area contributed by atoms with Crippen LogP contribution in [0.3, 0.4) is 0 Å². The lowest BCUT2D eigenvalue weighted by Crippen LogP contribution is -2.33. The number of rotatable bonds is 15. The molecule has 8 heteroatoms. The van der Waals surface area contributed by atoms with Gasteiger partial charge in [0.15, 0.2) is 0 Å². The van der Waals surface area contributed by atoms with Crippen molar-refractivity contribution in [1.82, 2.24) is 5.32 Å². The minimum absolute atomic E-state index is 0.362. The summed E-state index contributed by atoms with van der Waals surface area (Å²) in [6.07, 6.45) is 5.42. The summed E-state index contributed by atoms with van der Waals surface area (Å²) in [6, 6.07) is 0. The number of hydrogen-bond acceptors (Lipinski definition) is 5. The molecule has 0 atom stereocenters. The fourth-order valence-electron chi connectivity index (χ4n) is 1.94. The van der Waals surface area contributed by atoms with Crippen molar-refractivity contribution in [3.63, 3.8) is 0 Å². The van der Waals surface area contributed by atoms with Crippen molar-refractivity contribution >= 4 is 6.09 Å². The summed E-state index contributed by atoms with van der Waals surface area (Å²) in [5, 5.41) is 6.22. The SMILES string of the molecule is CC(C)(C)OC(=O)NCCCCCOCCOCCCCCN=[N+]=[N-]. The van der Waals surface area contributed by atoms with E-state index in [0.717, 1.165) is 45.1 Å². The van der Waals surface area contributed by atoms with Crippen LogP contribution in [0.15, 0.2) is 5.11 Å². The molecule has 25 heavy (non-hydrogen) atoms. The van der Waals surface area contributed by atoms with Gasteiger partial charge in [-0.1, -0.05) is 11.5 Å². The molecule has 0 aromatic carbocycles. The fraction of sp³-hybridized carbons (Fsp3) is 0.941. The monoisotopic (exact) mass is 358 g/mol. The molecule has 0 saturated carbocycles. The van der Waals surface area contributed by atoms with E-state index in [4.69, 9.17) is 19.7 Å². The Morgan fingerprint density at radius 3 is 2.12 bits per heavy atom. The van der Waals surface area contributed by atoms with Crippen LogP contribution in [0.25, 0.3) is 10.4 Å². The predicted molar refractivity (Wildman–Crippen MR) is 97.6 cm³/mol. The molecule has 146 valence electrons. The highest BCUT2D eigenvalue weighted by Crippen LogP contribution is 2.06. The van der Waals surface area contributed by atoms with Gasteiger partial charge in [-0.3, -0.25) is 0 Å². The van der Waals surface area contributed by atoms with Crippen LogP contribution in [0.5, 0.6) is 0 Å². The molecule has 0 heterocycles. The van der Waals surface area contributed by atoms with E-state index in [9.17, 15) is 4.79 Å². The lowest BCUT2D eigenvalue weighted by molar-refractivity contribution is 0.0447. The second kappa shape index (κ2) is 16.0. The van der Waals surface area contributed by atoms with Crippen LogP contribution in [0, 0.1) is 0 Å². The lowest BCUT2D eigenvalue weighted by Gasteiger charge is -2.19. The first-order valence-corrected chi connectivity index (χ1v) is 9.09. The predicted octanol–water partition coefficient (Wildman–Crippen LogP) is 4.20. The maximum Gasteiger partial charge on any atom is 0.407 e. The van der Waals surface area contributed by atoms with Gasteiger partial charge < -0.3 is 19.5 Å². The molecule has 0 aliphatic heterocycles. The molecular weight excluding hydrogens is 324 g/mol. The van der Waals surface area contributed by atoms with Crippen LogP contribution in [0.2, 0.25) is 0 Å². The molecule has 0 aromatic rings. The van der Waals surface area contributed by atoms with Gasteiger partial charge in [-0.25, -0.2) is 4.79 Å². The molecule has 0 aliphatic carbocycles. The maximum absolute atomic E-state index is 11.4. The Kier molecular flexibility index (Phi) is 15.0. The third-order valence-electron chi connectivity index (χ3n) is 3.12. The number of unbranched alkanes of at least 4 members (excludes halogenated alkanes) is 4. The Balaban J connectivity index is 3.16. The molecular formula is C17H34N4O4. The Bertz CT molecular complexity index is 379. The van der Waals surface area contributed by atoms with E-state index in [0.29, 0.717) is 32.9 Å². The third kappa shape index (κ3) is 20.5. The van der Waals surface area contributed by atoms with Gasteiger partial charge in [0.05, 0.1) is 13.2 Å². The first-order chi connectivity index (χ1) is 12.0. The van der Waals surface area contributed by atoms with E-state index in [-0.39, 0.29) is 6.09 Å². The van der Waals surface area contributed by atoms with Crippen LogP contribution in [0.4, 0.5) is 4.79 Å². The highest BCUT2D eigenvalue weighted by Gasteiger charge is 2.15. The first-order valence-electron chi connectivity index (χ1n) is 9.09. The minimum atomic E-state index is -0.452. The number of alkyl carbamates (subject to hydrolysis) is 1. The van der Waals surface area contributed by atoms with Gasteiger partial charge in [-0.05, 0) is 58.4 Å². The van der Waals surface area contributed by atoms with E-state index >= 15 is 0 Å². The van der Waals surface area contributed by atoms with Crippen LogP contribution in [0.1, 0.15) is 59.3 Å². The van der Waals surface area contributed by atoms with Gasteiger partial charge in [0.1, 0.15) is 5.60 Å². The smallest absolute Gasteiger partial charge is 0.407 e. The number of hydrogen-bond donors (Lipinski definition) is 1. The summed E-state index contributed by atoms with van der Waals surface area (Å²) in [5.74, 6) is 0. The van der Waals surface area contributed by atoms with Gasteiger partial charge in [0.2, 0.25) is 0 Å². The van der Waals surface area contributed by atoms with Crippen LogP contribution >= 0.6 is 0 Å². The molecule has 0 rings (SSSR count). The van der Waals surface area contributed by atoms with Crippen molar-refractivity contribution in [2.45, 2.75) is 64.9 Å². The van der Waals surface area contributed by atoms with Gasteiger partial charge in [0, 0.05) is 31.2 Å². The summed E-state index contributed by atoms with van der Waals surface area (Å²) in [6.45, 7) is 9.37. The van der Waals surface area contributed by atoms with E-state index in [1.165, 1.54) is 0 Å². The second-order valence-electron chi connectivity index (χ2n) is 6.73. The Morgan fingerprint density at radius 2 is 1.56 bits per heavy atom. The van der Waals surface area contributed by atoms with Gasteiger partial charge >= 0.3 is 6.09 Å². The molecule has 0 aliphatic rings. The van der Waals surface area contributed by atoms with E-state index < -0.39 is 5.60 Å². The molecule has 0 aromatic heterocycles. The minimum Gasteiger partial charge on any atom is -0.444 e. The molecule has 0 bridgehead atoms. The zero-order chi connectivity index (χ0) is 18.8. The Morgan fingerprint density at radius 1 is 0.960 bits per heavy atom. The summed E-state index contributed by atoms with van der Waals surface area (Å²) in [5.41, 5.74) is 7.67. The molecule has 8 nitrogen and oxygen atoms in total. The molecule has 0 spiro atoms. The van der Waals surface area contributed by atoms with E-state index in [1.807, 2.05) is 20.8 Å². The lowest BCUT2D eigenvalue weighted by atomic mass is 10.2. The normalized spacial score (nSPS) is 11.0. The van der Waals surface area contributed by atoms with Crippen molar-refractivity contribution in [2.24, 2.45) is 5.11 Å². The fourth-order valence-corrected chi connectivity index (χ4v) is 1.94. The standard InChI is InChI=1S/C17H34N4O4/c1-17(2,3)25-16(22)19-10-6-4-8-12-23-14-15-24-13-9-5-7-11-20-21-18/h4-15H2,1-3H3,(H,19,22). The van der Waals surface area contributed by atoms with Crippen LogP contribution < -0.4 is 5.32 Å². The zero-order valence-corrected chi connectivity index (χ0v) is 16.0. The van der Waals surface area contributed by atoms with Gasteiger partial charge in [0.25, 0.3) is 0 Å². The zero-order valence-electron chi connectivity index (χ0n) is 16.0. The summed E-state index contributed by atoms with van der Waals surface area (Å²) in [7, 11) is 0. The number of ether oxygens (including phenoxy) is 3. The molecule has 1 amide bonds. The van der Waals surface area contributed by atoms with Crippen LogP contribution in [-0.2, 0) is 14.2 Å². The number of nitrogens with zero attached hydrogens (tertiary/aromatic N) is 3. The summed E-state index contributed by atoms with van der Waals surface area (Å²) < 4.78 is 16.1. The van der Waals surface area contributed by atoms with Crippen molar-refractivity contribution in [3.8, 4) is 0 Å². The second-order valence-corrected chi connectivity index (χ2v) is 6.73. The number of azide groups is 1. The van der Waals surface area contributed by atoms with Gasteiger partial charge in [-0.15, -0.1) is 0 Å². The van der Waals surface area contributed by atoms with Crippen LogP contribution in [-0.4, -0.2) is 51.2 Å². The largest absolute Gasteiger partial charge is 0.444 e. The average Bonchev–Trinajstić information content (AvgIpc) is 2.53. The van der Waals surface area contributed by atoms with Crippen molar-refractivity contribution in [2.75, 3.05) is 39.5 Å². The molecule has 0 fully saturated rings. The topological polar surface area (TPSA) is 106 Å². The maximum atomic E-state index is 11.4. The number of amides is 1. The van der Waals surface area contributed by atoms with Crippen molar-refractivity contribution in [1.29, 1.82) is 0 Å². The number of carbonyl (C=O) groups excluding carboxylic acids is 1.